The summed E-state index contributed by atoms with van der Waals surface area (Å²) < 4.78 is 11.1. The van der Waals surface area contributed by atoms with Crippen LogP contribution in [-0.2, 0) is 40.4 Å². The Morgan fingerprint density at radius 2 is 1.00 bits per heavy atom. The van der Waals surface area contributed by atoms with Crippen molar-refractivity contribution >= 4 is 11.9 Å². The van der Waals surface area contributed by atoms with Crippen LogP contribution in [0.4, 0.5) is 0 Å². The number of ether oxygens (including phenoxy) is 2. The van der Waals surface area contributed by atoms with E-state index in [0.29, 0.717) is 22.3 Å². The number of rotatable bonds is 2. The largest absolute Gasteiger partial charge is 0.421 e. The maximum atomic E-state index is 11.7. The summed E-state index contributed by atoms with van der Waals surface area (Å²) in [6, 6.07) is 14.2. The van der Waals surface area contributed by atoms with Gasteiger partial charge in [-0.15, -0.1) is 0 Å². The van der Waals surface area contributed by atoms with Crippen molar-refractivity contribution in [1.29, 1.82) is 0 Å². The van der Waals surface area contributed by atoms with E-state index in [9.17, 15) is 9.59 Å². The van der Waals surface area contributed by atoms with Crippen molar-refractivity contribution in [1.82, 2.24) is 0 Å². The van der Waals surface area contributed by atoms with Gasteiger partial charge in [0.25, 0.3) is 11.6 Å². The summed E-state index contributed by atoms with van der Waals surface area (Å²) in [5.74, 6) is -4.10. The minimum atomic E-state index is -1.53. The first kappa shape index (κ1) is 14.9. The average molecular weight is 326 g/mol. The first-order valence-corrected chi connectivity index (χ1v) is 7.45. The van der Waals surface area contributed by atoms with Gasteiger partial charge in [-0.1, -0.05) is 48.5 Å². The van der Waals surface area contributed by atoms with Crippen LogP contribution in [0.3, 0.4) is 0 Å². The highest BCUT2D eigenvalue weighted by molar-refractivity contribution is 5.71. The van der Waals surface area contributed by atoms with E-state index < -0.39 is 23.5 Å². The van der Waals surface area contributed by atoms with Crippen molar-refractivity contribution in [3.8, 4) is 0 Å². The molecule has 6 nitrogen and oxygen atoms in total. The monoisotopic (exact) mass is 326 g/mol. The van der Waals surface area contributed by atoms with Crippen LogP contribution in [0.25, 0.3) is 0 Å². The van der Waals surface area contributed by atoms with Gasteiger partial charge in [-0.3, -0.25) is 9.59 Å². The summed E-state index contributed by atoms with van der Waals surface area (Å²) in [6.45, 7) is 2.59. The number of esters is 2. The van der Waals surface area contributed by atoms with Crippen molar-refractivity contribution in [3.05, 3.63) is 70.8 Å². The Hall–Kier alpha value is -2.70. The zero-order valence-electron chi connectivity index (χ0n) is 13.1. The maximum Gasteiger partial charge on any atom is 0.305 e. The second-order valence-corrected chi connectivity index (χ2v) is 5.68. The van der Waals surface area contributed by atoms with Crippen LogP contribution in [0, 0.1) is 0 Å². The third-order valence-electron chi connectivity index (χ3n) is 4.12. The molecule has 0 spiro atoms. The molecule has 3 aliphatic rings. The van der Waals surface area contributed by atoms with E-state index in [4.69, 9.17) is 19.2 Å². The van der Waals surface area contributed by atoms with E-state index in [1.54, 1.807) is 48.5 Å². The summed E-state index contributed by atoms with van der Waals surface area (Å²) in [4.78, 5) is 34.5. The van der Waals surface area contributed by atoms with Crippen LogP contribution in [-0.4, -0.2) is 11.9 Å². The van der Waals surface area contributed by atoms with Gasteiger partial charge in [0.2, 0.25) is 0 Å². The third-order valence-corrected chi connectivity index (χ3v) is 4.12. The normalized spacial score (nSPS) is 26.2. The van der Waals surface area contributed by atoms with Gasteiger partial charge in [0.05, 0.1) is 0 Å². The highest BCUT2D eigenvalue weighted by Gasteiger charge is 2.63. The predicted molar refractivity (Wildman–Crippen MR) is 80.1 cm³/mol. The van der Waals surface area contributed by atoms with E-state index in [1.165, 1.54) is 13.8 Å². The fourth-order valence-corrected chi connectivity index (χ4v) is 3.36. The first-order valence-electron chi connectivity index (χ1n) is 7.45. The van der Waals surface area contributed by atoms with Crippen molar-refractivity contribution < 1.29 is 28.8 Å². The number of benzene rings is 2. The molecule has 2 aromatic rings. The molecule has 0 fully saturated rings. The highest BCUT2D eigenvalue weighted by Crippen LogP contribution is 2.57. The van der Waals surface area contributed by atoms with Crippen molar-refractivity contribution in [2.24, 2.45) is 0 Å². The standard InChI is InChI=1S/C18H14O6/c1-11(19)21-17-13-7-3-5-9-15(13)18(24-23-17,22-12(2)20)16-10-6-4-8-14(16)17/h3-10H,1-2H3. The van der Waals surface area contributed by atoms with E-state index in [-0.39, 0.29) is 0 Å². The molecule has 24 heavy (non-hydrogen) atoms. The van der Waals surface area contributed by atoms with Crippen LogP contribution in [0.15, 0.2) is 48.5 Å². The molecule has 0 amide bonds. The van der Waals surface area contributed by atoms with Crippen LogP contribution in [0.5, 0.6) is 0 Å². The Labute approximate surface area is 137 Å². The fourth-order valence-electron chi connectivity index (χ4n) is 3.36. The molecule has 1 aliphatic carbocycles. The lowest BCUT2D eigenvalue weighted by atomic mass is 9.76. The molecule has 0 unspecified atom stereocenters. The minimum Gasteiger partial charge on any atom is -0.421 e. The predicted octanol–water partition coefficient (Wildman–Crippen LogP) is 2.49. The summed E-state index contributed by atoms with van der Waals surface area (Å²) in [6.07, 6.45) is 0. The fraction of sp³-hybridized carbons (Fsp3) is 0.222. The zero-order valence-corrected chi connectivity index (χ0v) is 13.1. The van der Waals surface area contributed by atoms with Gasteiger partial charge in [0.1, 0.15) is 0 Å². The Balaban J connectivity index is 2.07. The van der Waals surface area contributed by atoms with Gasteiger partial charge in [-0.2, -0.15) is 9.78 Å². The van der Waals surface area contributed by atoms with E-state index >= 15 is 0 Å². The number of carbonyl (C=O) groups excluding carboxylic acids is 2. The molecule has 2 aliphatic heterocycles. The highest BCUT2D eigenvalue weighted by atomic mass is 17.3. The van der Waals surface area contributed by atoms with Gasteiger partial charge in [-0.05, 0) is 0 Å². The minimum absolute atomic E-state index is 0.523. The Bertz CT molecular complexity index is 739. The van der Waals surface area contributed by atoms with Crippen LogP contribution in [0.2, 0.25) is 0 Å². The van der Waals surface area contributed by atoms with Crippen LogP contribution in [0.1, 0.15) is 36.1 Å². The average Bonchev–Trinajstić information content (AvgIpc) is 2.56. The molecule has 5 rings (SSSR count). The van der Waals surface area contributed by atoms with Crippen molar-refractivity contribution in [2.45, 2.75) is 25.4 Å². The molecule has 2 bridgehead atoms. The summed E-state index contributed by atoms with van der Waals surface area (Å²) in [7, 11) is 0. The van der Waals surface area contributed by atoms with Gasteiger partial charge in [-0.25, -0.2) is 0 Å². The molecule has 0 N–H and O–H groups in total. The van der Waals surface area contributed by atoms with Crippen LogP contribution < -0.4 is 0 Å². The Morgan fingerprint density at radius 3 is 1.25 bits per heavy atom. The molecule has 0 saturated carbocycles. The molecule has 0 radical (unpaired) electrons. The second kappa shape index (κ2) is 4.90. The summed E-state index contributed by atoms with van der Waals surface area (Å²) in [5.41, 5.74) is 2.25. The lowest BCUT2D eigenvalue weighted by Crippen LogP contribution is -2.55. The van der Waals surface area contributed by atoms with Gasteiger partial charge < -0.3 is 9.47 Å². The van der Waals surface area contributed by atoms with Gasteiger partial charge >= 0.3 is 11.9 Å². The van der Waals surface area contributed by atoms with Gasteiger partial charge in [0, 0.05) is 36.1 Å². The summed E-state index contributed by atoms with van der Waals surface area (Å²) in [5, 5.41) is 0. The topological polar surface area (TPSA) is 71.1 Å². The lowest BCUT2D eigenvalue weighted by molar-refractivity contribution is -0.508. The number of hydrogen-bond acceptors (Lipinski definition) is 6. The second-order valence-electron chi connectivity index (χ2n) is 5.68. The van der Waals surface area contributed by atoms with E-state index in [2.05, 4.69) is 0 Å². The molecule has 2 aromatic carbocycles. The van der Waals surface area contributed by atoms with Crippen LogP contribution >= 0.6 is 0 Å². The zero-order chi connectivity index (χ0) is 16.9. The molecule has 0 atom stereocenters. The smallest absolute Gasteiger partial charge is 0.305 e. The quantitative estimate of drug-likeness (QED) is 0.624. The number of fused-ring (bicyclic) bond motifs is 1. The molecule has 0 aromatic heterocycles. The lowest BCUT2D eigenvalue weighted by Gasteiger charge is -2.50. The third kappa shape index (κ3) is 1.78. The molecular weight excluding hydrogens is 312 g/mol. The van der Waals surface area contributed by atoms with Gasteiger partial charge in [0.15, 0.2) is 0 Å². The maximum absolute atomic E-state index is 11.7. The van der Waals surface area contributed by atoms with Crippen molar-refractivity contribution in [2.75, 3.05) is 0 Å². The summed E-state index contributed by atoms with van der Waals surface area (Å²) >= 11 is 0. The number of hydrogen-bond donors (Lipinski definition) is 0. The van der Waals surface area contributed by atoms with Crippen molar-refractivity contribution in [3.63, 3.8) is 0 Å². The molecule has 122 valence electrons. The molecule has 6 heteroatoms. The number of carbonyl (C=O) groups is 2. The molecular formula is C18H14O6. The Kier molecular flexibility index (Phi) is 3.03. The SMILES string of the molecule is CC(=O)OC12OOC(OC(C)=O)(c3ccccc31)c1ccccc12. The van der Waals surface area contributed by atoms with E-state index in [0.717, 1.165) is 0 Å². The molecule has 2 heterocycles. The Morgan fingerprint density at radius 1 is 0.708 bits per heavy atom. The first-order chi connectivity index (χ1) is 11.5. The van der Waals surface area contributed by atoms with E-state index in [1.807, 2.05) is 0 Å². The molecule has 0 saturated heterocycles.